The minimum Gasteiger partial charge on any atom is -0.490 e. The van der Waals surface area contributed by atoms with Crippen LogP contribution in [0.3, 0.4) is 0 Å². The van der Waals surface area contributed by atoms with Crippen molar-refractivity contribution in [1.29, 1.82) is 0 Å². The average molecular weight is 501 g/mol. The monoisotopic (exact) mass is 500 g/mol. The lowest BCUT2D eigenvalue weighted by atomic mass is 10.3. The molecule has 3 aromatic rings. The number of rotatable bonds is 9. The highest BCUT2D eigenvalue weighted by molar-refractivity contribution is 9.10. The number of amides is 1. The van der Waals surface area contributed by atoms with Crippen LogP contribution in [-0.4, -0.2) is 27.5 Å². The van der Waals surface area contributed by atoms with Crippen LogP contribution in [0.25, 0.3) is 0 Å². The van der Waals surface area contributed by atoms with E-state index >= 15 is 0 Å². The highest BCUT2D eigenvalue weighted by atomic mass is 79.9. The van der Waals surface area contributed by atoms with Gasteiger partial charge in [0.15, 0.2) is 0 Å². The van der Waals surface area contributed by atoms with Gasteiger partial charge in [0.1, 0.15) is 18.9 Å². The van der Waals surface area contributed by atoms with Gasteiger partial charge in [-0.15, -0.1) is 0 Å². The summed E-state index contributed by atoms with van der Waals surface area (Å²) in [7, 11) is -3.95. The molecule has 1 N–H and O–H groups in total. The first-order valence-corrected chi connectivity index (χ1v) is 11.6. The zero-order valence-electron chi connectivity index (χ0n) is 16.6. The summed E-state index contributed by atoms with van der Waals surface area (Å²) in [5.41, 5.74) is 0.906. The first kappa shape index (κ1) is 22.6. The second-order valence-corrected chi connectivity index (χ2v) is 9.25. The maximum Gasteiger partial charge on any atom is 0.264 e. The van der Waals surface area contributed by atoms with E-state index < -0.39 is 15.9 Å². The average Bonchev–Trinajstić information content (AvgIpc) is 2.77. The van der Waals surface area contributed by atoms with Crippen molar-refractivity contribution in [3.8, 4) is 5.75 Å². The van der Waals surface area contributed by atoms with Crippen molar-refractivity contribution in [1.82, 2.24) is 0 Å². The van der Waals surface area contributed by atoms with Crippen molar-refractivity contribution >= 4 is 43.2 Å². The Morgan fingerprint density at radius 1 is 1.03 bits per heavy atom. The second-order valence-electron chi connectivity index (χ2n) is 6.48. The molecule has 1 amide bonds. The van der Waals surface area contributed by atoms with Crippen molar-refractivity contribution in [3.05, 3.63) is 96.0 Å². The minimum absolute atomic E-state index is 0.103. The molecule has 0 fully saturated rings. The summed E-state index contributed by atoms with van der Waals surface area (Å²) < 4.78 is 33.8. The lowest BCUT2D eigenvalue weighted by Gasteiger charge is -2.24. The van der Waals surface area contributed by atoms with Crippen LogP contribution in [-0.2, 0) is 14.8 Å². The molecule has 0 unspecified atom stereocenters. The first-order chi connectivity index (χ1) is 14.9. The van der Waals surface area contributed by atoms with Crippen LogP contribution in [0.15, 0.2) is 101 Å². The van der Waals surface area contributed by atoms with E-state index in [9.17, 15) is 13.2 Å². The van der Waals surface area contributed by atoms with Gasteiger partial charge in [0, 0.05) is 10.2 Å². The number of sulfonamides is 1. The molecule has 6 nitrogen and oxygen atoms in total. The lowest BCUT2D eigenvalue weighted by molar-refractivity contribution is -0.114. The van der Waals surface area contributed by atoms with E-state index in [1.54, 1.807) is 72.8 Å². The normalized spacial score (nSPS) is 10.9. The molecule has 0 aliphatic heterocycles. The van der Waals surface area contributed by atoms with Gasteiger partial charge in [-0.2, -0.15) is 0 Å². The summed E-state index contributed by atoms with van der Waals surface area (Å²) in [6, 6.07) is 21.6. The predicted octanol–water partition coefficient (Wildman–Crippen LogP) is 4.85. The molecule has 0 spiro atoms. The van der Waals surface area contributed by atoms with Crippen molar-refractivity contribution < 1.29 is 17.9 Å². The standard InChI is InChI=1S/C23H21BrN2O4S/c1-2-15-30-21-13-11-19(12-14-21)25-23(27)17-26(20-8-6-7-18(24)16-20)31(28,29)22-9-4-3-5-10-22/h2-14,16H,1,15,17H2,(H,25,27). The summed E-state index contributed by atoms with van der Waals surface area (Å²) in [4.78, 5) is 12.8. The van der Waals surface area contributed by atoms with Gasteiger partial charge in [-0.1, -0.05) is 52.9 Å². The molecule has 0 aliphatic rings. The number of ether oxygens (including phenoxy) is 1. The van der Waals surface area contributed by atoms with Crippen molar-refractivity contribution in [3.63, 3.8) is 0 Å². The highest BCUT2D eigenvalue weighted by Gasteiger charge is 2.27. The van der Waals surface area contributed by atoms with Crippen molar-refractivity contribution in [2.75, 3.05) is 22.8 Å². The second kappa shape index (κ2) is 10.3. The molecule has 0 aliphatic carbocycles. The molecule has 3 rings (SSSR count). The Kier molecular flexibility index (Phi) is 7.49. The summed E-state index contributed by atoms with van der Waals surface area (Å²) in [6.45, 7) is 3.59. The van der Waals surface area contributed by atoms with Crippen LogP contribution >= 0.6 is 15.9 Å². The van der Waals surface area contributed by atoms with Gasteiger partial charge in [0.25, 0.3) is 10.0 Å². The molecule has 3 aromatic carbocycles. The number of carbonyl (C=O) groups is 1. The molecule has 0 atom stereocenters. The molecule has 0 saturated heterocycles. The van der Waals surface area contributed by atoms with Gasteiger partial charge < -0.3 is 10.1 Å². The van der Waals surface area contributed by atoms with Gasteiger partial charge in [-0.25, -0.2) is 8.42 Å². The van der Waals surface area contributed by atoms with Gasteiger partial charge in [-0.3, -0.25) is 9.10 Å². The summed E-state index contributed by atoms with van der Waals surface area (Å²) in [5, 5.41) is 2.73. The van der Waals surface area contributed by atoms with Crippen molar-refractivity contribution in [2.45, 2.75) is 4.90 Å². The largest absolute Gasteiger partial charge is 0.490 e. The van der Waals surface area contributed by atoms with Crippen LogP contribution in [0.5, 0.6) is 5.75 Å². The fourth-order valence-corrected chi connectivity index (χ4v) is 4.61. The van der Waals surface area contributed by atoms with E-state index in [-0.39, 0.29) is 11.4 Å². The molecule has 8 heteroatoms. The Balaban J connectivity index is 1.83. The lowest BCUT2D eigenvalue weighted by Crippen LogP contribution is -2.38. The molecular formula is C23H21BrN2O4S. The summed E-state index contributed by atoms with van der Waals surface area (Å²) >= 11 is 3.36. The third-order valence-corrected chi connectivity index (χ3v) is 6.50. The van der Waals surface area contributed by atoms with E-state index in [4.69, 9.17) is 4.74 Å². The molecule has 0 saturated carbocycles. The number of nitrogens with one attached hydrogen (secondary N) is 1. The van der Waals surface area contributed by atoms with Crippen LogP contribution in [0.1, 0.15) is 0 Å². The van der Waals surface area contributed by atoms with E-state index in [1.807, 2.05) is 0 Å². The number of hydrogen-bond donors (Lipinski definition) is 1. The van der Waals surface area contributed by atoms with Gasteiger partial charge in [-0.05, 0) is 54.6 Å². The Morgan fingerprint density at radius 2 is 1.74 bits per heavy atom. The molecule has 31 heavy (non-hydrogen) atoms. The maximum atomic E-state index is 13.3. The minimum atomic E-state index is -3.95. The van der Waals surface area contributed by atoms with E-state index in [2.05, 4.69) is 27.8 Å². The van der Waals surface area contributed by atoms with E-state index in [0.717, 1.165) is 4.31 Å². The first-order valence-electron chi connectivity index (χ1n) is 9.37. The Hall–Kier alpha value is -3.10. The molecule has 160 valence electrons. The van der Waals surface area contributed by atoms with Crippen LogP contribution in [0.2, 0.25) is 0 Å². The molecule has 0 bridgehead atoms. The Labute approximate surface area is 190 Å². The van der Waals surface area contributed by atoms with E-state index in [0.29, 0.717) is 28.2 Å². The topological polar surface area (TPSA) is 75.7 Å². The Bertz CT molecular complexity index is 1150. The fraction of sp³-hybridized carbons (Fsp3) is 0.0870. The zero-order valence-corrected chi connectivity index (χ0v) is 19.0. The Morgan fingerprint density at radius 3 is 2.39 bits per heavy atom. The number of halogens is 1. The maximum absolute atomic E-state index is 13.3. The number of anilines is 2. The number of carbonyl (C=O) groups excluding carboxylic acids is 1. The number of benzene rings is 3. The van der Waals surface area contributed by atoms with Gasteiger partial charge >= 0.3 is 0 Å². The number of hydrogen-bond acceptors (Lipinski definition) is 4. The fourth-order valence-electron chi connectivity index (χ4n) is 2.79. The quantitative estimate of drug-likeness (QED) is 0.426. The third-order valence-electron chi connectivity index (χ3n) is 4.22. The third kappa shape index (κ3) is 5.96. The zero-order chi connectivity index (χ0) is 22.3. The number of nitrogens with zero attached hydrogens (tertiary/aromatic N) is 1. The van der Waals surface area contributed by atoms with Crippen LogP contribution in [0, 0.1) is 0 Å². The predicted molar refractivity (Wildman–Crippen MR) is 126 cm³/mol. The smallest absolute Gasteiger partial charge is 0.264 e. The van der Waals surface area contributed by atoms with Gasteiger partial charge in [0.2, 0.25) is 5.91 Å². The van der Waals surface area contributed by atoms with Crippen LogP contribution < -0.4 is 14.4 Å². The van der Waals surface area contributed by atoms with Crippen molar-refractivity contribution in [2.24, 2.45) is 0 Å². The van der Waals surface area contributed by atoms with E-state index in [1.165, 1.54) is 12.1 Å². The molecule has 0 aromatic heterocycles. The SMILES string of the molecule is C=CCOc1ccc(NC(=O)CN(c2cccc(Br)c2)S(=O)(=O)c2ccccc2)cc1. The van der Waals surface area contributed by atoms with Gasteiger partial charge in [0.05, 0.1) is 10.6 Å². The summed E-state index contributed by atoms with van der Waals surface area (Å²) in [5.74, 6) is 0.166. The summed E-state index contributed by atoms with van der Waals surface area (Å²) in [6.07, 6.45) is 1.64. The molecule has 0 heterocycles. The van der Waals surface area contributed by atoms with Crippen LogP contribution in [0.4, 0.5) is 11.4 Å². The highest BCUT2D eigenvalue weighted by Crippen LogP contribution is 2.26. The molecular weight excluding hydrogens is 480 g/mol. The molecule has 0 radical (unpaired) electrons.